The molecule has 10 nitrogen and oxygen atoms in total. The smallest absolute Gasteiger partial charge is 0.341 e. The Morgan fingerprint density at radius 3 is 2.75 bits per heavy atom. The van der Waals surface area contributed by atoms with Gasteiger partial charge in [0, 0.05) is 25.7 Å². The van der Waals surface area contributed by atoms with Gasteiger partial charge < -0.3 is 19.7 Å². The molecule has 1 saturated heterocycles. The Balaban J connectivity index is 1.81. The Kier molecular flexibility index (Phi) is 6.04. The van der Waals surface area contributed by atoms with Crippen LogP contribution in [-0.2, 0) is 16.5 Å². The van der Waals surface area contributed by atoms with Crippen LogP contribution in [0.25, 0.3) is 10.9 Å². The monoisotopic (exact) mass is 438 g/mol. The second-order valence-electron chi connectivity index (χ2n) is 7.78. The molecule has 1 atom stereocenters. The summed E-state index contributed by atoms with van der Waals surface area (Å²) in [6, 6.07) is 5.08. The van der Waals surface area contributed by atoms with Crippen molar-refractivity contribution in [2.45, 2.75) is 19.9 Å². The van der Waals surface area contributed by atoms with Crippen molar-refractivity contribution in [3.05, 3.63) is 51.4 Å². The number of anilines is 2. The number of aromatic nitrogens is 4. The molecule has 0 amide bonds. The van der Waals surface area contributed by atoms with Crippen LogP contribution in [0.2, 0.25) is 0 Å². The number of aryl methyl sites for hydroxylation is 1. The first-order chi connectivity index (χ1) is 15.4. The van der Waals surface area contributed by atoms with E-state index < -0.39 is 5.97 Å². The van der Waals surface area contributed by atoms with E-state index in [0.717, 1.165) is 11.1 Å². The molecular formula is C22H26N6O4. The fourth-order valence-corrected chi connectivity index (χ4v) is 3.91. The van der Waals surface area contributed by atoms with E-state index in [-0.39, 0.29) is 17.2 Å². The predicted molar refractivity (Wildman–Crippen MR) is 120 cm³/mol. The Labute approximate surface area is 185 Å². The zero-order valence-corrected chi connectivity index (χ0v) is 18.6. The maximum Gasteiger partial charge on any atom is 0.341 e. The molecule has 32 heavy (non-hydrogen) atoms. The zero-order chi connectivity index (χ0) is 22.8. The standard InChI is InChI=1S/C22H26N6O4/c1-13-11-16(14(2)24-19-15(21(30)31-4)5-6-23-26-19)18-17(12-13)20(29)27(3)22(25-18)28-7-9-32-10-8-28/h5-6,11-12,14H,7-10H2,1-4H3,(H,24,26)/t14-/m1/s1. The van der Waals surface area contributed by atoms with Crippen LogP contribution >= 0.6 is 0 Å². The summed E-state index contributed by atoms with van der Waals surface area (Å²) >= 11 is 0. The van der Waals surface area contributed by atoms with Gasteiger partial charge in [0.2, 0.25) is 5.95 Å². The van der Waals surface area contributed by atoms with Crippen molar-refractivity contribution in [1.29, 1.82) is 0 Å². The van der Waals surface area contributed by atoms with E-state index in [2.05, 4.69) is 20.4 Å². The number of ether oxygens (including phenoxy) is 2. The summed E-state index contributed by atoms with van der Waals surface area (Å²) in [5.74, 6) is 0.405. The largest absolute Gasteiger partial charge is 0.465 e. The number of rotatable bonds is 5. The molecule has 0 saturated carbocycles. The number of morpholine rings is 1. The number of hydrogen-bond donors (Lipinski definition) is 1. The van der Waals surface area contributed by atoms with Gasteiger partial charge in [-0.15, -0.1) is 5.10 Å². The predicted octanol–water partition coefficient (Wildman–Crippen LogP) is 1.83. The Bertz CT molecular complexity index is 1220. The van der Waals surface area contributed by atoms with Crippen molar-refractivity contribution in [2.24, 2.45) is 7.05 Å². The van der Waals surface area contributed by atoms with Crippen molar-refractivity contribution in [3.63, 3.8) is 0 Å². The topological polar surface area (TPSA) is 111 Å². The highest BCUT2D eigenvalue weighted by Crippen LogP contribution is 2.28. The lowest BCUT2D eigenvalue weighted by atomic mass is 10.0. The highest BCUT2D eigenvalue weighted by atomic mass is 16.5. The Hall–Kier alpha value is -3.53. The first-order valence-electron chi connectivity index (χ1n) is 10.4. The van der Waals surface area contributed by atoms with E-state index in [9.17, 15) is 9.59 Å². The van der Waals surface area contributed by atoms with E-state index in [1.807, 2.05) is 26.0 Å². The molecule has 3 aromatic rings. The van der Waals surface area contributed by atoms with Crippen molar-refractivity contribution in [2.75, 3.05) is 43.6 Å². The van der Waals surface area contributed by atoms with E-state index in [0.29, 0.717) is 49.0 Å². The van der Waals surface area contributed by atoms with Gasteiger partial charge in [-0.2, -0.15) is 5.10 Å². The van der Waals surface area contributed by atoms with Crippen molar-refractivity contribution >= 4 is 28.6 Å². The fourth-order valence-electron chi connectivity index (χ4n) is 3.91. The second-order valence-corrected chi connectivity index (χ2v) is 7.78. The second kappa shape index (κ2) is 8.91. The minimum absolute atomic E-state index is 0.108. The van der Waals surface area contributed by atoms with E-state index >= 15 is 0 Å². The number of fused-ring (bicyclic) bond motifs is 1. The molecule has 1 N–H and O–H groups in total. The average Bonchev–Trinajstić information content (AvgIpc) is 2.81. The molecule has 3 heterocycles. The van der Waals surface area contributed by atoms with Gasteiger partial charge in [0.25, 0.3) is 5.56 Å². The maximum atomic E-state index is 13.2. The molecule has 1 aliphatic rings. The molecule has 2 aromatic heterocycles. The van der Waals surface area contributed by atoms with Crippen molar-refractivity contribution < 1.29 is 14.3 Å². The van der Waals surface area contributed by atoms with Crippen LogP contribution in [0.1, 0.15) is 34.5 Å². The van der Waals surface area contributed by atoms with Crippen LogP contribution in [0.15, 0.2) is 29.2 Å². The lowest BCUT2D eigenvalue weighted by Crippen LogP contribution is -2.40. The van der Waals surface area contributed by atoms with Crippen LogP contribution in [-0.4, -0.2) is 59.1 Å². The fraction of sp³-hybridized carbons (Fsp3) is 0.409. The van der Waals surface area contributed by atoms with E-state index in [1.54, 1.807) is 17.7 Å². The first-order valence-corrected chi connectivity index (χ1v) is 10.4. The van der Waals surface area contributed by atoms with Crippen LogP contribution < -0.4 is 15.8 Å². The molecule has 1 aromatic carbocycles. The first kappa shape index (κ1) is 21.7. The summed E-state index contributed by atoms with van der Waals surface area (Å²) in [4.78, 5) is 32.3. The summed E-state index contributed by atoms with van der Waals surface area (Å²) in [5, 5.41) is 11.7. The molecule has 168 valence electrons. The van der Waals surface area contributed by atoms with E-state index in [4.69, 9.17) is 14.5 Å². The molecule has 0 radical (unpaired) electrons. The molecule has 1 fully saturated rings. The van der Waals surface area contributed by atoms with Gasteiger partial charge in [0.05, 0.1) is 43.5 Å². The summed E-state index contributed by atoms with van der Waals surface area (Å²) in [6.45, 7) is 6.39. The minimum Gasteiger partial charge on any atom is -0.465 e. The van der Waals surface area contributed by atoms with Gasteiger partial charge in [-0.3, -0.25) is 9.36 Å². The zero-order valence-electron chi connectivity index (χ0n) is 18.6. The summed E-state index contributed by atoms with van der Waals surface area (Å²) in [6.07, 6.45) is 1.43. The molecule has 0 bridgehead atoms. The number of nitrogens with zero attached hydrogens (tertiary/aromatic N) is 5. The number of carbonyl (C=O) groups is 1. The normalized spacial score (nSPS) is 14.9. The van der Waals surface area contributed by atoms with Gasteiger partial charge in [0.1, 0.15) is 5.56 Å². The van der Waals surface area contributed by atoms with Gasteiger partial charge in [-0.25, -0.2) is 9.78 Å². The lowest BCUT2D eigenvalue weighted by molar-refractivity contribution is 0.0601. The number of methoxy groups -OCH3 is 1. The summed E-state index contributed by atoms with van der Waals surface area (Å²) in [7, 11) is 3.06. The Morgan fingerprint density at radius 2 is 2.03 bits per heavy atom. The van der Waals surface area contributed by atoms with E-state index in [1.165, 1.54) is 13.3 Å². The van der Waals surface area contributed by atoms with Crippen molar-refractivity contribution in [1.82, 2.24) is 19.7 Å². The van der Waals surface area contributed by atoms with Crippen LogP contribution in [0.5, 0.6) is 0 Å². The SMILES string of the molecule is COC(=O)c1ccnnc1N[C@H](C)c1cc(C)cc2c(=O)n(C)c(N3CCOCC3)nc12. The van der Waals surface area contributed by atoms with Gasteiger partial charge in [-0.05, 0) is 31.5 Å². The third-order valence-electron chi connectivity index (χ3n) is 5.57. The maximum absolute atomic E-state index is 13.2. The summed E-state index contributed by atoms with van der Waals surface area (Å²) < 4.78 is 11.9. The molecule has 1 aliphatic heterocycles. The van der Waals surface area contributed by atoms with Gasteiger partial charge >= 0.3 is 5.97 Å². The summed E-state index contributed by atoms with van der Waals surface area (Å²) in [5.41, 5.74) is 2.55. The number of benzene rings is 1. The van der Waals surface area contributed by atoms with Crippen LogP contribution in [0, 0.1) is 6.92 Å². The van der Waals surface area contributed by atoms with Crippen LogP contribution in [0.3, 0.4) is 0 Å². The quantitative estimate of drug-likeness (QED) is 0.596. The third kappa shape index (κ3) is 4.01. The molecule has 0 spiro atoms. The van der Waals surface area contributed by atoms with Crippen molar-refractivity contribution in [3.8, 4) is 0 Å². The molecule has 0 unspecified atom stereocenters. The average molecular weight is 438 g/mol. The number of hydrogen-bond acceptors (Lipinski definition) is 9. The van der Waals surface area contributed by atoms with Gasteiger partial charge in [0.15, 0.2) is 5.82 Å². The molecule has 4 rings (SSSR count). The number of nitrogens with one attached hydrogen (secondary N) is 1. The lowest BCUT2D eigenvalue weighted by Gasteiger charge is -2.29. The van der Waals surface area contributed by atoms with Crippen LogP contribution in [0.4, 0.5) is 11.8 Å². The highest BCUT2D eigenvalue weighted by Gasteiger charge is 2.22. The molecule has 0 aliphatic carbocycles. The van der Waals surface area contributed by atoms with Gasteiger partial charge in [-0.1, -0.05) is 6.07 Å². The Morgan fingerprint density at radius 1 is 1.28 bits per heavy atom. The minimum atomic E-state index is -0.509. The molecular weight excluding hydrogens is 412 g/mol. The highest BCUT2D eigenvalue weighted by molar-refractivity contribution is 5.94. The number of esters is 1. The molecule has 10 heteroatoms. The number of carbonyl (C=O) groups excluding carboxylic acids is 1. The third-order valence-corrected chi connectivity index (χ3v) is 5.57.